The van der Waals surface area contributed by atoms with E-state index >= 15 is 0 Å². The SMILES string of the molecule is CCN(C1CCCC1)S(=O)(=O)c1c(C)ccc(N)c1C. The van der Waals surface area contributed by atoms with Crippen LogP contribution in [0, 0.1) is 13.8 Å². The molecule has 1 aromatic carbocycles. The molecule has 1 aliphatic rings. The van der Waals surface area contributed by atoms with Gasteiger partial charge in [0.1, 0.15) is 0 Å². The van der Waals surface area contributed by atoms with Crippen molar-refractivity contribution in [3.63, 3.8) is 0 Å². The Hall–Kier alpha value is -1.07. The highest BCUT2D eigenvalue weighted by atomic mass is 32.2. The molecular weight excluding hydrogens is 272 g/mol. The van der Waals surface area contributed by atoms with Gasteiger partial charge in [-0.15, -0.1) is 0 Å². The van der Waals surface area contributed by atoms with Crippen molar-refractivity contribution in [1.82, 2.24) is 4.31 Å². The summed E-state index contributed by atoms with van der Waals surface area (Å²) in [5.74, 6) is 0. The summed E-state index contributed by atoms with van der Waals surface area (Å²) in [6.45, 7) is 6.05. The van der Waals surface area contributed by atoms with Crippen molar-refractivity contribution in [3.05, 3.63) is 23.3 Å². The van der Waals surface area contributed by atoms with Crippen LogP contribution >= 0.6 is 0 Å². The van der Waals surface area contributed by atoms with Crippen LogP contribution in [0.4, 0.5) is 5.69 Å². The van der Waals surface area contributed by atoms with Gasteiger partial charge in [0.2, 0.25) is 10.0 Å². The maximum Gasteiger partial charge on any atom is 0.243 e. The van der Waals surface area contributed by atoms with Crippen LogP contribution in [0.5, 0.6) is 0 Å². The molecule has 5 heteroatoms. The van der Waals surface area contributed by atoms with Crippen LogP contribution in [0.15, 0.2) is 17.0 Å². The third-order valence-electron chi connectivity index (χ3n) is 4.25. The molecule has 0 aliphatic heterocycles. The van der Waals surface area contributed by atoms with Gasteiger partial charge >= 0.3 is 0 Å². The standard InChI is InChI=1S/C15H24N2O2S/c1-4-17(13-7-5-6-8-13)20(18,19)15-11(2)9-10-14(16)12(15)3/h9-10,13H,4-8,16H2,1-3H3. The molecule has 1 fully saturated rings. The first-order valence-electron chi connectivity index (χ1n) is 7.27. The second-order valence-corrected chi connectivity index (χ2v) is 7.40. The Balaban J connectivity index is 2.51. The quantitative estimate of drug-likeness (QED) is 0.869. The molecule has 0 unspecified atom stereocenters. The Morgan fingerprint density at radius 2 is 1.85 bits per heavy atom. The van der Waals surface area contributed by atoms with Gasteiger partial charge in [-0.1, -0.05) is 25.8 Å². The third kappa shape index (κ3) is 2.56. The Kier molecular flexibility index (Phi) is 4.39. The van der Waals surface area contributed by atoms with E-state index in [4.69, 9.17) is 5.73 Å². The minimum Gasteiger partial charge on any atom is -0.398 e. The van der Waals surface area contributed by atoms with E-state index in [0.717, 1.165) is 31.2 Å². The predicted molar refractivity (Wildman–Crippen MR) is 82.2 cm³/mol. The summed E-state index contributed by atoms with van der Waals surface area (Å²) < 4.78 is 27.7. The molecule has 112 valence electrons. The maximum absolute atomic E-state index is 13.0. The Bertz CT molecular complexity index is 590. The van der Waals surface area contributed by atoms with Crippen LogP contribution in [0.3, 0.4) is 0 Å². The number of nitrogens with zero attached hydrogens (tertiary/aromatic N) is 1. The minimum absolute atomic E-state index is 0.144. The Morgan fingerprint density at radius 3 is 2.40 bits per heavy atom. The largest absolute Gasteiger partial charge is 0.398 e. The van der Waals surface area contributed by atoms with Gasteiger partial charge < -0.3 is 5.73 Å². The summed E-state index contributed by atoms with van der Waals surface area (Å²) in [6.07, 6.45) is 4.16. The van der Waals surface area contributed by atoms with E-state index in [-0.39, 0.29) is 6.04 Å². The fourth-order valence-corrected chi connectivity index (χ4v) is 5.33. The second-order valence-electron chi connectivity index (χ2n) is 5.57. The van der Waals surface area contributed by atoms with E-state index in [9.17, 15) is 8.42 Å². The lowest BCUT2D eigenvalue weighted by atomic mass is 10.1. The maximum atomic E-state index is 13.0. The normalized spacial score (nSPS) is 17.0. The average molecular weight is 296 g/mol. The monoisotopic (exact) mass is 296 g/mol. The lowest BCUT2D eigenvalue weighted by Gasteiger charge is -2.28. The molecule has 2 N–H and O–H groups in total. The molecule has 0 atom stereocenters. The van der Waals surface area contributed by atoms with Gasteiger partial charge in [-0.05, 0) is 43.9 Å². The number of aryl methyl sites for hydroxylation is 1. The van der Waals surface area contributed by atoms with Crippen molar-refractivity contribution in [2.45, 2.75) is 57.4 Å². The molecule has 0 heterocycles. The van der Waals surface area contributed by atoms with Crippen LogP contribution in [-0.2, 0) is 10.0 Å². The third-order valence-corrected chi connectivity index (χ3v) is 6.57. The Morgan fingerprint density at radius 1 is 1.25 bits per heavy atom. The fraction of sp³-hybridized carbons (Fsp3) is 0.600. The van der Waals surface area contributed by atoms with E-state index < -0.39 is 10.0 Å². The van der Waals surface area contributed by atoms with Crippen molar-refractivity contribution >= 4 is 15.7 Å². The zero-order valence-electron chi connectivity index (χ0n) is 12.5. The average Bonchev–Trinajstić information content (AvgIpc) is 2.88. The zero-order chi connectivity index (χ0) is 14.9. The first-order chi connectivity index (χ1) is 9.39. The fourth-order valence-electron chi connectivity index (χ4n) is 3.17. The van der Waals surface area contributed by atoms with Crippen LogP contribution < -0.4 is 5.73 Å². The van der Waals surface area contributed by atoms with E-state index in [0.29, 0.717) is 22.7 Å². The van der Waals surface area contributed by atoms with Gasteiger partial charge in [-0.2, -0.15) is 4.31 Å². The minimum atomic E-state index is -3.47. The molecule has 0 spiro atoms. The van der Waals surface area contributed by atoms with Gasteiger partial charge in [0.15, 0.2) is 0 Å². The van der Waals surface area contributed by atoms with E-state index in [1.54, 1.807) is 23.4 Å². The zero-order valence-corrected chi connectivity index (χ0v) is 13.3. The Labute approximate surface area is 122 Å². The molecule has 0 amide bonds. The van der Waals surface area contributed by atoms with Gasteiger partial charge in [0, 0.05) is 18.3 Å². The van der Waals surface area contributed by atoms with Crippen molar-refractivity contribution in [2.75, 3.05) is 12.3 Å². The van der Waals surface area contributed by atoms with Crippen LogP contribution in [0.2, 0.25) is 0 Å². The number of anilines is 1. The van der Waals surface area contributed by atoms with Crippen molar-refractivity contribution < 1.29 is 8.42 Å². The first kappa shape index (κ1) is 15.3. The predicted octanol–water partition coefficient (Wildman–Crippen LogP) is 2.84. The van der Waals surface area contributed by atoms with E-state index in [2.05, 4.69) is 0 Å². The summed E-state index contributed by atoms with van der Waals surface area (Å²) in [5.41, 5.74) is 7.88. The highest BCUT2D eigenvalue weighted by Crippen LogP contribution is 2.32. The lowest BCUT2D eigenvalue weighted by molar-refractivity contribution is 0.335. The summed E-state index contributed by atoms with van der Waals surface area (Å²) >= 11 is 0. The second kappa shape index (κ2) is 5.74. The highest BCUT2D eigenvalue weighted by molar-refractivity contribution is 7.89. The highest BCUT2D eigenvalue weighted by Gasteiger charge is 2.34. The number of nitrogens with two attached hydrogens (primary N) is 1. The summed E-state index contributed by atoms with van der Waals surface area (Å²) in [5, 5.41) is 0. The smallest absolute Gasteiger partial charge is 0.243 e. The molecule has 0 bridgehead atoms. The van der Waals surface area contributed by atoms with Crippen molar-refractivity contribution in [3.8, 4) is 0 Å². The number of hydrogen-bond acceptors (Lipinski definition) is 3. The lowest BCUT2D eigenvalue weighted by Crippen LogP contribution is -2.39. The molecule has 0 aromatic heterocycles. The molecule has 0 radical (unpaired) electrons. The molecular formula is C15H24N2O2S. The van der Waals surface area contributed by atoms with E-state index in [1.807, 2.05) is 13.8 Å². The van der Waals surface area contributed by atoms with Crippen molar-refractivity contribution in [2.24, 2.45) is 0 Å². The molecule has 1 aliphatic carbocycles. The van der Waals surface area contributed by atoms with Crippen LogP contribution in [0.1, 0.15) is 43.7 Å². The molecule has 0 saturated heterocycles. The van der Waals surface area contributed by atoms with Gasteiger partial charge in [0.25, 0.3) is 0 Å². The number of sulfonamides is 1. The number of hydrogen-bond donors (Lipinski definition) is 1. The number of nitrogen functional groups attached to an aromatic ring is 1. The van der Waals surface area contributed by atoms with Crippen LogP contribution in [0.25, 0.3) is 0 Å². The molecule has 4 nitrogen and oxygen atoms in total. The first-order valence-corrected chi connectivity index (χ1v) is 8.71. The molecule has 2 rings (SSSR count). The topological polar surface area (TPSA) is 63.4 Å². The number of benzene rings is 1. The summed E-state index contributed by atoms with van der Waals surface area (Å²) in [7, 11) is -3.47. The number of rotatable bonds is 4. The van der Waals surface area contributed by atoms with E-state index in [1.165, 1.54) is 0 Å². The van der Waals surface area contributed by atoms with Gasteiger partial charge in [0.05, 0.1) is 4.90 Å². The van der Waals surface area contributed by atoms with Gasteiger partial charge in [-0.3, -0.25) is 0 Å². The van der Waals surface area contributed by atoms with Crippen LogP contribution in [-0.4, -0.2) is 25.3 Å². The summed E-state index contributed by atoms with van der Waals surface area (Å²) in [6, 6.07) is 3.71. The summed E-state index contributed by atoms with van der Waals surface area (Å²) in [4.78, 5) is 0.395. The molecule has 1 saturated carbocycles. The molecule has 20 heavy (non-hydrogen) atoms. The van der Waals surface area contributed by atoms with Crippen molar-refractivity contribution in [1.29, 1.82) is 0 Å². The van der Waals surface area contributed by atoms with Gasteiger partial charge in [-0.25, -0.2) is 8.42 Å². The molecule has 1 aromatic rings.